The lowest BCUT2D eigenvalue weighted by atomic mass is 10.2. The first-order valence-corrected chi connectivity index (χ1v) is 7.39. The molecule has 0 amide bonds. The van der Waals surface area contributed by atoms with E-state index in [1.165, 1.54) is 23.3 Å². The summed E-state index contributed by atoms with van der Waals surface area (Å²) in [5.74, 6) is 0. The minimum Gasteiger partial charge on any atom is -0.304 e. The smallest absolute Gasteiger partial charge is 0.0934 e. The van der Waals surface area contributed by atoms with Crippen molar-refractivity contribution < 1.29 is 0 Å². The predicted molar refractivity (Wildman–Crippen MR) is 72.6 cm³/mol. The van der Waals surface area contributed by atoms with Crippen molar-refractivity contribution in [3.8, 4) is 0 Å². The summed E-state index contributed by atoms with van der Waals surface area (Å²) < 4.78 is 0.930. The third-order valence-corrected chi connectivity index (χ3v) is 5.03. The normalized spacial score (nSPS) is 26.4. The summed E-state index contributed by atoms with van der Waals surface area (Å²) in [6.45, 7) is 4.52. The van der Waals surface area contributed by atoms with Crippen molar-refractivity contribution in [2.75, 3.05) is 33.2 Å². The maximum atomic E-state index is 6.08. The van der Waals surface area contributed by atoms with Gasteiger partial charge in [0.2, 0.25) is 0 Å². The van der Waals surface area contributed by atoms with Crippen molar-refractivity contribution in [2.45, 2.75) is 18.9 Å². The van der Waals surface area contributed by atoms with Crippen LogP contribution in [0.1, 0.15) is 22.9 Å². The van der Waals surface area contributed by atoms with E-state index in [1.54, 1.807) is 11.3 Å². The van der Waals surface area contributed by atoms with Crippen LogP contribution in [0.3, 0.4) is 0 Å². The molecule has 3 nitrogen and oxygen atoms in total. The van der Waals surface area contributed by atoms with Crippen LogP contribution in [-0.2, 0) is 6.42 Å². The number of likely N-dealkylation sites (N-methyl/N-ethyl adjacent to an activating group) is 1. The molecule has 1 saturated heterocycles. The third kappa shape index (κ3) is 2.51. The number of aryl methyl sites for hydroxylation is 1. The zero-order valence-corrected chi connectivity index (χ0v) is 11.7. The van der Waals surface area contributed by atoms with Gasteiger partial charge in [0.25, 0.3) is 0 Å². The van der Waals surface area contributed by atoms with Crippen LogP contribution in [0.4, 0.5) is 0 Å². The fourth-order valence-corrected chi connectivity index (χ4v) is 3.98. The number of thiophene rings is 1. The van der Waals surface area contributed by atoms with Crippen LogP contribution in [0, 0.1) is 0 Å². The van der Waals surface area contributed by atoms with E-state index in [-0.39, 0.29) is 0 Å². The van der Waals surface area contributed by atoms with E-state index in [9.17, 15) is 0 Å². The number of hydrazine groups is 1. The van der Waals surface area contributed by atoms with Gasteiger partial charge in [0, 0.05) is 37.1 Å². The Balaban J connectivity index is 1.63. The number of halogens is 1. The molecule has 1 aromatic rings. The molecule has 1 aliphatic heterocycles. The second kappa shape index (κ2) is 4.86. The van der Waals surface area contributed by atoms with Crippen molar-refractivity contribution in [3.63, 3.8) is 0 Å². The van der Waals surface area contributed by atoms with E-state index in [0.29, 0.717) is 6.04 Å². The predicted octanol–water partition coefficient (Wildman–Crippen LogP) is 2.14. The van der Waals surface area contributed by atoms with E-state index < -0.39 is 0 Å². The van der Waals surface area contributed by atoms with Crippen molar-refractivity contribution in [1.82, 2.24) is 15.3 Å². The Morgan fingerprint density at radius 2 is 2.12 bits per heavy atom. The molecule has 1 N–H and O–H groups in total. The molecule has 1 aromatic heterocycles. The van der Waals surface area contributed by atoms with E-state index in [0.717, 1.165) is 30.5 Å². The first-order valence-electron chi connectivity index (χ1n) is 6.20. The van der Waals surface area contributed by atoms with Crippen LogP contribution in [0.15, 0.2) is 6.07 Å². The highest BCUT2D eigenvalue weighted by atomic mass is 35.5. The first-order chi connectivity index (χ1) is 8.22. The van der Waals surface area contributed by atoms with Crippen LogP contribution in [0.5, 0.6) is 0 Å². The van der Waals surface area contributed by atoms with Crippen molar-refractivity contribution in [2.24, 2.45) is 0 Å². The summed E-state index contributed by atoms with van der Waals surface area (Å²) in [7, 11) is 2.18. The molecule has 2 heterocycles. The summed E-state index contributed by atoms with van der Waals surface area (Å²) in [6, 6.07) is 2.62. The van der Waals surface area contributed by atoms with Gasteiger partial charge in [0.1, 0.15) is 0 Å². The van der Waals surface area contributed by atoms with E-state index in [4.69, 9.17) is 11.6 Å². The first kappa shape index (κ1) is 11.9. The quantitative estimate of drug-likeness (QED) is 0.889. The Labute approximate surface area is 111 Å². The van der Waals surface area contributed by atoms with Gasteiger partial charge in [-0.05, 0) is 31.5 Å². The Morgan fingerprint density at radius 1 is 1.35 bits per heavy atom. The molecular weight excluding hydrogens is 254 g/mol. The largest absolute Gasteiger partial charge is 0.304 e. The maximum absolute atomic E-state index is 6.08. The molecule has 0 aromatic carbocycles. The van der Waals surface area contributed by atoms with Gasteiger partial charge < -0.3 is 4.90 Å². The molecule has 1 aliphatic carbocycles. The summed E-state index contributed by atoms with van der Waals surface area (Å²) in [5.41, 5.74) is 5.09. The maximum Gasteiger partial charge on any atom is 0.0934 e. The van der Waals surface area contributed by atoms with Crippen molar-refractivity contribution in [3.05, 3.63) is 20.8 Å². The summed E-state index contributed by atoms with van der Waals surface area (Å²) in [5, 5.41) is 2.37. The monoisotopic (exact) mass is 271 g/mol. The van der Waals surface area contributed by atoms with Gasteiger partial charge in [0.05, 0.1) is 4.34 Å². The fourth-order valence-electron chi connectivity index (χ4n) is 2.62. The molecule has 94 valence electrons. The molecule has 3 rings (SSSR count). The molecule has 1 unspecified atom stereocenters. The minimum atomic E-state index is 0.483. The van der Waals surface area contributed by atoms with Gasteiger partial charge in [-0.2, -0.15) is 0 Å². The molecule has 5 heteroatoms. The van der Waals surface area contributed by atoms with E-state index in [1.807, 2.05) is 0 Å². The topological polar surface area (TPSA) is 18.5 Å². The minimum absolute atomic E-state index is 0.483. The van der Waals surface area contributed by atoms with Gasteiger partial charge in [-0.3, -0.25) is 0 Å². The standard InChI is InChI=1S/C12H18ClN3S/c1-15-4-6-16(7-5-15)14-10-2-3-11-9(10)8-12(13)17-11/h8,10,14H,2-7H2,1H3. The van der Waals surface area contributed by atoms with Crippen LogP contribution in [-0.4, -0.2) is 43.1 Å². The Morgan fingerprint density at radius 3 is 2.88 bits per heavy atom. The zero-order chi connectivity index (χ0) is 11.8. The number of nitrogens with one attached hydrogen (secondary N) is 1. The van der Waals surface area contributed by atoms with Gasteiger partial charge in [-0.25, -0.2) is 10.4 Å². The number of fused-ring (bicyclic) bond motifs is 1. The molecule has 2 aliphatic rings. The average Bonchev–Trinajstić information content (AvgIpc) is 2.83. The SMILES string of the molecule is CN1CCN(NC2CCc3sc(Cl)cc32)CC1. The molecular formula is C12H18ClN3S. The number of piperazine rings is 1. The van der Waals surface area contributed by atoms with E-state index >= 15 is 0 Å². The Hall–Kier alpha value is -0.130. The Bertz CT molecular complexity index is 398. The molecule has 0 bridgehead atoms. The second-order valence-corrected chi connectivity index (χ2v) is 6.71. The van der Waals surface area contributed by atoms with E-state index in [2.05, 4.69) is 28.4 Å². The van der Waals surface area contributed by atoms with Gasteiger partial charge in [0.15, 0.2) is 0 Å². The molecule has 0 radical (unpaired) electrons. The highest BCUT2D eigenvalue weighted by Gasteiger charge is 2.27. The number of nitrogens with zero attached hydrogens (tertiary/aromatic N) is 2. The molecule has 0 saturated carbocycles. The number of hydrogen-bond acceptors (Lipinski definition) is 4. The van der Waals surface area contributed by atoms with Gasteiger partial charge in [-0.1, -0.05) is 11.6 Å². The van der Waals surface area contributed by atoms with Crippen LogP contribution in [0.2, 0.25) is 4.34 Å². The van der Waals surface area contributed by atoms with Gasteiger partial charge in [-0.15, -0.1) is 11.3 Å². The molecule has 17 heavy (non-hydrogen) atoms. The number of rotatable bonds is 2. The zero-order valence-electron chi connectivity index (χ0n) is 10.1. The summed E-state index contributed by atoms with van der Waals surface area (Å²) in [4.78, 5) is 3.85. The lowest BCUT2D eigenvalue weighted by molar-refractivity contribution is 0.0868. The van der Waals surface area contributed by atoms with Crippen LogP contribution >= 0.6 is 22.9 Å². The molecule has 1 fully saturated rings. The summed E-state index contributed by atoms with van der Waals surface area (Å²) in [6.07, 6.45) is 2.39. The average molecular weight is 272 g/mol. The molecule has 1 atom stereocenters. The Kier molecular flexibility index (Phi) is 3.41. The van der Waals surface area contributed by atoms with Gasteiger partial charge >= 0.3 is 0 Å². The summed E-state index contributed by atoms with van der Waals surface area (Å²) >= 11 is 7.82. The van der Waals surface area contributed by atoms with Crippen LogP contribution in [0.25, 0.3) is 0 Å². The molecule has 0 spiro atoms. The number of hydrogen-bond donors (Lipinski definition) is 1. The highest BCUT2D eigenvalue weighted by molar-refractivity contribution is 7.16. The van der Waals surface area contributed by atoms with Crippen molar-refractivity contribution in [1.29, 1.82) is 0 Å². The van der Waals surface area contributed by atoms with Crippen molar-refractivity contribution >= 4 is 22.9 Å². The lowest BCUT2D eigenvalue weighted by Crippen LogP contribution is -2.51. The lowest BCUT2D eigenvalue weighted by Gasteiger charge is -2.34. The highest BCUT2D eigenvalue weighted by Crippen LogP contribution is 2.39. The van der Waals surface area contributed by atoms with Crippen LogP contribution < -0.4 is 5.43 Å². The second-order valence-electron chi connectivity index (χ2n) is 4.94. The fraction of sp³-hybridized carbons (Fsp3) is 0.667. The third-order valence-electron chi connectivity index (χ3n) is 3.69.